The van der Waals surface area contributed by atoms with Crippen LogP contribution in [0.5, 0.6) is 5.75 Å². The van der Waals surface area contributed by atoms with Crippen LogP contribution in [0, 0.1) is 18.3 Å². The van der Waals surface area contributed by atoms with Crippen LogP contribution in [0.2, 0.25) is 0 Å². The summed E-state index contributed by atoms with van der Waals surface area (Å²) in [4.78, 5) is 23.2. The van der Waals surface area contributed by atoms with Crippen LogP contribution in [0.25, 0.3) is 11.6 Å². The number of hydrogen-bond acceptors (Lipinski definition) is 4. The number of nitrogens with one attached hydrogen (secondary N) is 1. The third kappa shape index (κ3) is 5.81. The average molecular weight is 412 g/mol. The van der Waals surface area contributed by atoms with Crippen molar-refractivity contribution in [2.45, 2.75) is 6.92 Å². The third-order valence-corrected chi connectivity index (χ3v) is 4.48. The first-order valence-electron chi connectivity index (χ1n) is 9.50. The minimum absolute atomic E-state index is 0.143. The van der Waals surface area contributed by atoms with Gasteiger partial charge in [-0.25, -0.2) is 4.79 Å². The van der Waals surface area contributed by atoms with Crippen LogP contribution in [0.3, 0.4) is 0 Å². The van der Waals surface area contributed by atoms with Crippen molar-refractivity contribution in [3.05, 3.63) is 95.1 Å². The van der Waals surface area contributed by atoms with Gasteiger partial charge in [-0.15, -0.1) is 0 Å². The van der Waals surface area contributed by atoms with E-state index >= 15 is 0 Å². The number of amides is 1. The maximum absolute atomic E-state index is 12.2. The van der Waals surface area contributed by atoms with Crippen LogP contribution in [-0.2, 0) is 4.79 Å². The molecule has 6 heteroatoms. The monoisotopic (exact) mass is 412 g/mol. The Morgan fingerprint density at radius 2 is 1.65 bits per heavy atom. The van der Waals surface area contributed by atoms with E-state index in [1.807, 2.05) is 31.2 Å². The van der Waals surface area contributed by atoms with Gasteiger partial charge in [0.15, 0.2) is 6.61 Å². The third-order valence-electron chi connectivity index (χ3n) is 4.48. The SMILES string of the molecule is Cc1ccc(NC(=O)COc2ccccc2/C=C(/C#N)c2ccc(C(=O)O)cc2)cc1. The van der Waals surface area contributed by atoms with Gasteiger partial charge in [-0.2, -0.15) is 5.26 Å². The number of nitrogens with zero attached hydrogens (tertiary/aromatic N) is 1. The number of carbonyl (C=O) groups is 2. The number of para-hydroxylation sites is 1. The standard InChI is InChI=1S/C25H20N2O4/c1-17-6-12-22(13-7-17)27-24(28)16-31-23-5-3-2-4-20(23)14-21(15-26)18-8-10-19(11-9-18)25(29)30/h2-14H,16H2,1H3,(H,27,28)(H,29,30)/b21-14-. The highest BCUT2D eigenvalue weighted by Gasteiger charge is 2.09. The molecule has 0 unspecified atom stereocenters. The van der Waals surface area contributed by atoms with E-state index in [1.54, 1.807) is 42.5 Å². The van der Waals surface area contributed by atoms with E-state index in [4.69, 9.17) is 9.84 Å². The van der Waals surface area contributed by atoms with Crippen molar-refractivity contribution < 1.29 is 19.4 Å². The van der Waals surface area contributed by atoms with Gasteiger partial charge < -0.3 is 15.2 Å². The molecule has 0 bridgehead atoms. The van der Waals surface area contributed by atoms with E-state index in [9.17, 15) is 14.9 Å². The van der Waals surface area contributed by atoms with Crippen LogP contribution in [0.4, 0.5) is 5.69 Å². The van der Waals surface area contributed by atoms with E-state index in [1.165, 1.54) is 12.1 Å². The predicted octanol–water partition coefficient (Wildman–Crippen LogP) is 4.77. The van der Waals surface area contributed by atoms with Gasteiger partial charge >= 0.3 is 5.97 Å². The van der Waals surface area contributed by atoms with Gasteiger partial charge in [-0.05, 0) is 48.9 Å². The summed E-state index contributed by atoms with van der Waals surface area (Å²) in [5, 5.41) is 21.4. The molecule has 0 fully saturated rings. The topological polar surface area (TPSA) is 99.4 Å². The van der Waals surface area contributed by atoms with Crippen LogP contribution in [0.15, 0.2) is 72.8 Å². The quantitative estimate of drug-likeness (QED) is 0.430. The maximum Gasteiger partial charge on any atom is 0.335 e. The van der Waals surface area contributed by atoms with Crippen LogP contribution < -0.4 is 10.1 Å². The van der Waals surface area contributed by atoms with Gasteiger partial charge in [0, 0.05) is 11.3 Å². The van der Waals surface area contributed by atoms with Crippen molar-refractivity contribution in [3.63, 3.8) is 0 Å². The summed E-state index contributed by atoms with van der Waals surface area (Å²) in [5.74, 6) is -0.874. The van der Waals surface area contributed by atoms with Crippen molar-refractivity contribution in [2.75, 3.05) is 11.9 Å². The Labute approximate surface area is 180 Å². The number of hydrogen-bond donors (Lipinski definition) is 2. The molecule has 0 aliphatic rings. The summed E-state index contributed by atoms with van der Waals surface area (Å²) in [6.07, 6.45) is 1.64. The fourth-order valence-electron chi connectivity index (χ4n) is 2.84. The van der Waals surface area contributed by atoms with Crippen LogP contribution in [0.1, 0.15) is 27.0 Å². The number of carbonyl (C=O) groups excluding carboxylic acids is 1. The normalized spacial score (nSPS) is 10.8. The first kappa shape index (κ1) is 21.3. The molecule has 1 amide bonds. The van der Waals surface area contributed by atoms with Gasteiger partial charge in [0.05, 0.1) is 17.2 Å². The summed E-state index contributed by atoms with van der Waals surface area (Å²) < 4.78 is 5.68. The van der Waals surface area contributed by atoms with Gasteiger partial charge in [0.2, 0.25) is 0 Å². The highest BCUT2D eigenvalue weighted by Crippen LogP contribution is 2.25. The summed E-state index contributed by atoms with van der Waals surface area (Å²) >= 11 is 0. The smallest absolute Gasteiger partial charge is 0.335 e. The van der Waals surface area contributed by atoms with Crippen molar-refractivity contribution in [3.8, 4) is 11.8 Å². The van der Waals surface area contributed by atoms with Crippen molar-refractivity contribution >= 4 is 29.2 Å². The second-order valence-electron chi connectivity index (χ2n) is 6.79. The minimum Gasteiger partial charge on any atom is -0.483 e. The highest BCUT2D eigenvalue weighted by atomic mass is 16.5. The largest absolute Gasteiger partial charge is 0.483 e. The average Bonchev–Trinajstić information content (AvgIpc) is 2.78. The molecule has 154 valence electrons. The molecule has 31 heavy (non-hydrogen) atoms. The number of rotatable bonds is 7. The summed E-state index contributed by atoms with van der Waals surface area (Å²) in [7, 11) is 0. The molecular formula is C25H20N2O4. The molecule has 0 saturated heterocycles. The van der Waals surface area contributed by atoms with Crippen LogP contribution >= 0.6 is 0 Å². The zero-order valence-electron chi connectivity index (χ0n) is 16.8. The Kier molecular flexibility index (Phi) is 6.82. The molecule has 0 radical (unpaired) electrons. The number of aryl methyl sites for hydroxylation is 1. The number of allylic oxidation sites excluding steroid dienone is 1. The summed E-state index contributed by atoms with van der Waals surface area (Å²) in [5.41, 5.74) is 3.48. The Morgan fingerprint density at radius 1 is 1.00 bits per heavy atom. The molecule has 3 aromatic rings. The van der Waals surface area contributed by atoms with E-state index in [0.717, 1.165) is 5.56 Å². The lowest BCUT2D eigenvalue weighted by Crippen LogP contribution is -2.20. The molecule has 0 heterocycles. The predicted molar refractivity (Wildman–Crippen MR) is 119 cm³/mol. The molecule has 6 nitrogen and oxygen atoms in total. The molecule has 3 aromatic carbocycles. The minimum atomic E-state index is -1.03. The molecule has 2 N–H and O–H groups in total. The molecule has 0 aliphatic heterocycles. The number of carboxylic acid groups (broad SMARTS) is 1. The lowest BCUT2D eigenvalue weighted by Gasteiger charge is -2.10. The van der Waals surface area contributed by atoms with Crippen molar-refractivity contribution in [1.29, 1.82) is 5.26 Å². The number of ether oxygens (including phenoxy) is 1. The molecule has 0 aromatic heterocycles. The number of anilines is 1. The van der Waals surface area contributed by atoms with Gasteiger partial charge in [-0.3, -0.25) is 4.79 Å². The Bertz CT molecular complexity index is 1160. The van der Waals surface area contributed by atoms with Crippen molar-refractivity contribution in [1.82, 2.24) is 0 Å². The maximum atomic E-state index is 12.2. The van der Waals surface area contributed by atoms with Gasteiger partial charge in [0.1, 0.15) is 5.75 Å². The Hall–Kier alpha value is -4.37. The number of aromatic carboxylic acids is 1. The van der Waals surface area contributed by atoms with Gasteiger partial charge in [-0.1, -0.05) is 48.0 Å². The van der Waals surface area contributed by atoms with Gasteiger partial charge in [0.25, 0.3) is 5.91 Å². The number of nitriles is 1. The van der Waals surface area contributed by atoms with E-state index in [-0.39, 0.29) is 18.1 Å². The van der Waals surface area contributed by atoms with E-state index in [2.05, 4.69) is 11.4 Å². The lowest BCUT2D eigenvalue weighted by molar-refractivity contribution is -0.118. The summed E-state index contributed by atoms with van der Waals surface area (Å²) in [6, 6.07) is 22.7. The zero-order valence-corrected chi connectivity index (χ0v) is 16.8. The second kappa shape index (κ2) is 9.90. The molecule has 0 saturated carbocycles. The molecule has 0 atom stereocenters. The van der Waals surface area contributed by atoms with E-state index < -0.39 is 5.97 Å². The molecule has 0 aliphatic carbocycles. The number of carboxylic acids is 1. The highest BCUT2D eigenvalue weighted by molar-refractivity contribution is 5.93. The zero-order chi connectivity index (χ0) is 22.2. The van der Waals surface area contributed by atoms with E-state index in [0.29, 0.717) is 28.1 Å². The first-order chi connectivity index (χ1) is 15.0. The second-order valence-corrected chi connectivity index (χ2v) is 6.79. The fraction of sp³-hybridized carbons (Fsp3) is 0.0800. The first-order valence-corrected chi connectivity index (χ1v) is 9.50. The van der Waals surface area contributed by atoms with Crippen molar-refractivity contribution in [2.24, 2.45) is 0 Å². The Balaban J connectivity index is 1.74. The molecular weight excluding hydrogens is 392 g/mol. The molecule has 3 rings (SSSR count). The molecule has 0 spiro atoms. The fourth-order valence-corrected chi connectivity index (χ4v) is 2.84. The lowest BCUT2D eigenvalue weighted by atomic mass is 10.0. The van der Waals surface area contributed by atoms with Crippen LogP contribution in [-0.4, -0.2) is 23.6 Å². The number of benzene rings is 3. The Morgan fingerprint density at radius 3 is 2.29 bits per heavy atom. The summed E-state index contributed by atoms with van der Waals surface area (Å²) in [6.45, 7) is 1.78.